The molecule has 1 fully saturated rings. The lowest BCUT2D eigenvalue weighted by Crippen LogP contribution is -2.40. The van der Waals surface area contributed by atoms with Crippen LogP contribution in [0.1, 0.15) is 12.2 Å². The van der Waals surface area contributed by atoms with Crippen molar-refractivity contribution in [2.75, 3.05) is 19.8 Å². The summed E-state index contributed by atoms with van der Waals surface area (Å²) in [6.45, 7) is 1.53. The van der Waals surface area contributed by atoms with E-state index in [2.05, 4.69) is 5.32 Å². The van der Waals surface area contributed by atoms with Gasteiger partial charge in [0.25, 0.3) is 10.0 Å². The molecule has 18 heavy (non-hydrogen) atoms. The fraction of sp³-hybridized carbons (Fsp3) is 0.600. The van der Waals surface area contributed by atoms with E-state index in [0.29, 0.717) is 38.5 Å². The number of ether oxygens (including phenoxy) is 1. The summed E-state index contributed by atoms with van der Waals surface area (Å²) in [4.78, 5) is 0. The lowest BCUT2D eigenvalue weighted by molar-refractivity contribution is 0.0265. The van der Waals surface area contributed by atoms with Gasteiger partial charge >= 0.3 is 0 Å². The fourth-order valence-corrected chi connectivity index (χ4v) is 2.24. The molecule has 8 heteroatoms. The van der Waals surface area contributed by atoms with Gasteiger partial charge in [-0.05, 0) is 12.1 Å². The molecule has 0 radical (unpaired) electrons. The van der Waals surface area contributed by atoms with E-state index in [0.717, 1.165) is 0 Å². The van der Waals surface area contributed by atoms with Crippen molar-refractivity contribution in [1.82, 2.24) is 5.32 Å². The van der Waals surface area contributed by atoms with Gasteiger partial charge < -0.3 is 19.6 Å². The van der Waals surface area contributed by atoms with Gasteiger partial charge in [0.2, 0.25) is 5.09 Å². The Labute approximate surface area is 105 Å². The molecule has 1 aromatic rings. The molecule has 2 heterocycles. The molecular formula is C10H16N2O5S. The molecule has 0 aromatic carbocycles. The standard InChI is InChI=1S/C10H16N2O5S/c11-18(14,15)9-2-1-8(17-9)5-12-6-10(13)3-4-16-7-10/h1-2,12-13H,3-7H2,(H2,11,14,15). The number of rotatable bonds is 5. The minimum Gasteiger partial charge on any atom is -0.447 e. The maximum absolute atomic E-state index is 11.0. The molecule has 102 valence electrons. The first-order valence-electron chi connectivity index (χ1n) is 5.51. The van der Waals surface area contributed by atoms with Crippen LogP contribution < -0.4 is 10.5 Å². The maximum atomic E-state index is 11.0. The van der Waals surface area contributed by atoms with Crippen LogP contribution >= 0.6 is 0 Å². The Morgan fingerprint density at radius 1 is 1.50 bits per heavy atom. The van der Waals surface area contributed by atoms with Crippen LogP contribution in [-0.2, 0) is 21.3 Å². The number of aliphatic hydroxyl groups is 1. The van der Waals surface area contributed by atoms with Crippen LogP contribution in [0.3, 0.4) is 0 Å². The topological polar surface area (TPSA) is 115 Å². The lowest BCUT2D eigenvalue weighted by Gasteiger charge is -2.20. The Morgan fingerprint density at radius 2 is 2.28 bits per heavy atom. The summed E-state index contributed by atoms with van der Waals surface area (Å²) in [5.74, 6) is 0.446. The van der Waals surface area contributed by atoms with Gasteiger partial charge in [-0.25, -0.2) is 13.6 Å². The largest absolute Gasteiger partial charge is 0.447 e. The molecule has 2 rings (SSSR count). The van der Waals surface area contributed by atoms with E-state index < -0.39 is 15.6 Å². The summed E-state index contributed by atoms with van der Waals surface area (Å²) in [5.41, 5.74) is -0.852. The molecule has 0 bridgehead atoms. The third-order valence-electron chi connectivity index (χ3n) is 2.75. The number of primary sulfonamides is 1. The number of nitrogens with two attached hydrogens (primary N) is 1. The first-order chi connectivity index (χ1) is 8.39. The highest BCUT2D eigenvalue weighted by Gasteiger charge is 2.31. The third-order valence-corrected chi connectivity index (χ3v) is 3.53. The summed E-state index contributed by atoms with van der Waals surface area (Å²) in [6, 6.07) is 2.83. The monoisotopic (exact) mass is 276 g/mol. The second-order valence-electron chi connectivity index (χ2n) is 4.40. The van der Waals surface area contributed by atoms with Crippen molar-refractivity contribution >= 4 is 10.0 Å². The fourth-order valence-electron chi connectivity index (χ4n) is 1.76. The first kappa shape index (κ1) is 13.5. The van der Waals surface area contributed by atoms with E-state index >= 15 is 0 Å². The first-order valence-corrected chi connectivity index (χ1v) is 7.06. The van der Waals surface area contributed by atoms with Crippen LogP contribution in [0.5, 0.6) is 0 Å². The molecule has 0 aliphatic carbocycles. The molecule has 4 N–H and O–H groups in total. The smallest absolute Gasteiger partial charge is 0.271 e. The highest BCUT2D eigenvalue weighted by Crippen LogP contribution is 2.17. The zero-order valence-electron chi connectivity index (χ0n) is 9.76. The Bertz CT molecular complexity index is 504. The van der Waals surface area contributed by atoms with Crippen molar-refractivity contribution < 1.29 is 22.7 Å². The molecule has 0 saturated carbocycles. The summed E-state index contributed by atoms with van der Waals surface area (Å²) >= 11 is 0. The molecule has 0 amide bonds. The van der Waals surface area contributed by atoms with Crippen molar-refractivity contribution in [2.24, 2.45) is 5.14 Å². The summed E-state index contributed by atoms with van der Waals surface area (Å²) in [5, 5.41) is 17.6. The highest BCUT2D eigenvalue weighted by atomic mass is 32.2. The predicted molar refractivity (Wildman–Crippen MR) is 62.2 cm³/mol. The van der Waals surface area contributed by atoms with Crippen molar-refractivity contribution in [3.05, 3.63) is 17.9 Å². The van der Waals surface area contributed by atoms with Gasteiger partial charge in [-0.3, -0.25) is 0 Å². The van der Waals surface area contributed by atoms with Crippen molar-refractivity contribution in [1.29, 1.82) is 0 Å². The molecule has 1 atom stereocenters. The Hall–Kier alpha value is -0.930. The zero-order valence-corrected chi connectivity index (χ0v) is 10.6. The average Bonchev–Trinajstić information content (AvgIpc) is 2.87. The molecule has 1 aromatic heterocycles. The van der Waals surface area contributed by atoms with Crippen molar-refractivity contribution in [3.8, 4) is 0 Å². The van der Waals surface area contributed by atoms with Crippen LogP contribution in [0, 0.1) is 0 Å². The molecule has 1 aliphatic heterocycles. The van der Waals surface area contributed by atoms with Gasteiger partial charge in [0.1, 0.15) is 11.4 Å². The molecule has 0 spiro atoms. The van der Waals surface area contributed by atoms with E-state index in [1.807, 2.05) is 0 Å². The molecule has 1 unspecified atom stereocenters. The quantitative estimate of drug-likeness (QED) is 0.646. The maximum Gasteiger partial charge on any atom is 0.271 e. The van der Waals surface area contributed by atoms with Crippen LogP contribution in [0.25, 0.3) is 0 Å². The number of hydrogen-bond acceptors (Lipinski definition) is 6. The number of sulfonamides is 1. The average molecular weight is 276 g/mol. The second kappa shape index (κ2) is 4.98. The third kappa shape index (κ3) is 3.30. The van der Waals surface area contributed by atoms with Gasteiger partial charge in [-0.2, -0.15) is 0 Å². The van der Waals surface area contributed by atoms with E-state index in [9.17, 15) is 13.5 Å². The van der Waals surface area contributed by atoms with E-state index in [1.165, 1.54) is 12.1 Å². The van der Waals surface area contributed by atoms with Gasteiger partial charge in [0.05, 0.1) is 13.2 Å². The molecule has 1 saturated heterocycles. The SMILES string of the molecule is NS(=O)(=O)c1ccc(CNCC2(O)CCOC2)o1. The van der Waals surface area contributed by atoms with Crippen LogP contribution in [-0.4, -0.2) is 38.9 Å². The van der Waals surface area contributed by atoms with E-state index in [4.69, 9.17) is 14.3 Å². The summed E-state index contributed by atoms with van der Waals surface area (Å²) < 4.78 is 32.1. The van der Waals surface area contributed by atoms with E-state index in [-0.39, 0.29) is 5.09 Å². The van der Waals surface area contributed by atoms with Gasteiger partial charge in [0, 0.05) is 19.6 Å². The Balaban J connectivity index is 1.85. The normalized spacial score (nSPS) is 24.6. The van der Waals surface area contributed by atoms with Gasteiger partial charge in [-0.15, -0.1) is 0 Å². The number of furan rings is 1. The van der Waals surface area contributed by atoms with Crippen molar-refractivity contribution in [2.45, 2.75) is 23.7 Å². The Morgan fingerprint density at radius 3 is 2.83 bits per heavy atom. The van der Waals surface area contributed by atoms with Gasteiger partial charge in [0.15, 0.2) is 0 Å². The molecule has 1 aliphatic rings. The van der Waals surface area contributed by atoms with Crippen LogP contribution in [0.15, 0.2) is 21.6 Å². The Kier molecular flexibility index (Phi) is 3.74. The predicted octanol–water partition coefficient (Wildman–Crippen LogP) is -0.832. The number of hydrogen-bond donors (Lipinski definition) is 3. The van der Waals surface area contributed by atoms with Crippen LogP contribution in [0.4, 0.5) is 0 Å². The second-order valence-corrected chi connectivity index (χ2v) is 5.89. The highest BCUT2D eigenvalue weighted by molar-refractivity contribution is 7.89. The minimum atomic E-state index is -3.80. The minimum absolute atomic E-state index is 0.262. The van der Waals surface area contributed by atoms with Crippen LogP contribution in [0.2, 0.25) is 0 Å². The van der Waals surface area contributed by atoms with E-state index in [1.54, 1.807) is 0 Å². The lowest BCUT2D eigenvalue weighted by atomic mass is 10.0. The van der Waals surface area contributed by atoms with Gasteiger partial charge in [-0.1, -0.05) is 0 Å². The summed E-state index contributed by atoms with van der Waals surface area (Å²) in [7, 11) is -3.80. The zero-order chi connectivity index (χ0) is 13.2. The summed E-state index contributed by atoms with van der Waals surface area (Å²) in [6.07, 6.45) is 0.584. The molecule has 7 nitrogen and oxygen atoms in total. The van der Waals surface area contributed by atoms with Crippen molar-refractivity contribution in [3.63, 3.8) is 0 Å². The molecular weight excluding hydrogens is 260 g/mol. The number of nitrogens with one attached hydrogen (secondary N) is 1.